The van der Waals surface area contributed by atoms with Gasteiger partial charge in [0, 0.05) is 16.1 Å². The van der Waals surface area contributed by atoms with Gasteiger partial charge >= 0.3 is 0 Å². The molecule has 0 unspecified atom stereocenters. The van der Waals surface area contributed by atoms with Crippen molar-refractivity contribution in [1.29, 1.82) is 0 Å². The summed E-state index contributed by atoms with van der Waals surface area (Å²) in [6.45, 7) is 5.93. The number of carbonyl (C=O) groups excluding carboxylic acids is 1. The van der Waals surface area contributed by atoms with Gasteiger partial charge in [0.05, 0.1) is 0 Å². The molecule has 0 N–H and O–H groups in total. The number of rotatable bonds is 2. The number of halogens is 1. The molecule has 2 rings (SSSR count). The maximum Gasteiger partial charge on any atom is 0.193 e. The van der Waals surface area contributed by atoms with Gasteiger partial charge in [0.25, 0.3) is 0 Å². The Bertz CT molecular complexity index is 515. The minimum atomic E-state index is 0.0368. The molecule has 0 atom stereocenters. The van der Waals surface area contributed by atoms with E-state index in [1.54, 1.807) is 24.3 Å². The smallest absolute Gasteiger partial charge is 0.193 e. The fourth-order valence-electron chi connectivity index (χ4n) is 1.58. The Morgan fingerprint density at radius 2 is 1.50 bits per heavy atom. The van der Waals surface area contributed by atoms with E-state index in [1.807, 2.05) is 45.0 Å². The van der Waals surface area contributed by atoms with Gasteiger partial charge in [-0.2, -0.15) is 0 Å². The highest BCUT2D eigenvalue weighted by atomic mass is 35.5. The molecule has 0 fully saturated rings. The molecule has 0 spiro atoms. The zero-order valence-corrected chi connectivity index (χ0v) is 11.7. The molecule has 0 saturated carbocycles. The third kappa shape index (κ3) is 3.44. The lowest BCUT2D eigenvalue weighted by Gasteiger charge is -2.04. The van der Waals surface area contributed by atoms with E-state index in [0.717, 1.165) is 11.1 Å². The molecule has 0 bridgehead atoms. The van der Waals surface area contributed by atoms with Gasteiger partial charge in [-0.15, -0.1) is 0 Å². The maximum atomic E-state index is 12.1. The summed E-state index contributed by atoms with van der Waals surface area (Å²) in [6, 6.07) is 14.5. The molecule has 2 aromatic carbocycles. The molecule has 0 aromatic heterocycles. The van der Waals surface area contributed by atoms with E-state index in [-0.39, 0.29) is 5.78 Å². The second kappa shape index (κ2) is 6.97. The first-order valence-corrected chi connectivity index (χ1v) is 6.42. The van der Waals surface area contributed by atoms with Gasteiger partial charge in [-0.1, -0.05) is 49.7 Å². The van der Waals surface area contributed by atoms with E-state index in [1.165, 1.54) is 0 Å². The molecule has 0 heterocycles. The van der Waals surface area contributed by atoms with Crippen LogP contribution in [-0.4, -0.2) is 5.78 Å². The van der Waals surface area contributed by atoms with E-state index in [2.05, 4.69) is 0 Å². The summed E-state index contributed by atoms with van der Waals surface area (Å²) in [5.41, 5.74) is 2.39. The molecule has 0 aliphatic rings. The minimum Gasteiger partial charge on any atom is -0.289 e. The molecule has 0 amide bonds. The lowest BCUT2D eigenvalue weighted by atomic mass is 9.99. The first kappa shape index (κ1) is 14.5. The minimum absolute atomic E-state index is 0.0368. The molecule has 2 aromatic rings. The predicted octanol–water partition coefficient (Wildman–Crippen LogP) is 4.91. The van der Waals surface area contributed by atoms with Crippen LogP contribution in [0, 0.1) is 6.92 Å². The zero-order chi connectivity index (χ0) is 13.5. The van der Waals surface area contributed by atoms with E-state index in [4.69, 9.17) is 11.6 Å². The SMILES string of the molecule is CC.Cc1ccccc1C(=O)c1ccc(Cl)cc1. The first-order chi connectivity index (χ1) is 8.68. The number of hydrogen-bond donors (Lipinski definition) is 0. The molecular formula is C16H17ClO. The van der Waals surface area contributed by atoms with Crippen LogP contribution in [0.2, 0.25) is 5.02 Å². The van der Waals surface area contributed by atoms with Crippen LogP contribution >= 0.6 is 11.6 Å². The van der Waals surface area contributed by atoms with E-state index in [9.17, 15) is 4.79 Å². The van der Waals surface area contributed by atoms with Gasteiger partial charge in [0.1, 0.15) is 0 Å². The molecule has 0 aliphatic heterocycles. The van der Waals surface area contributed by atoms with Gasteiger partial charge in [-0.25, -0.2) is 0 Å². The van der Waals surface area contributed by atoms with E-state index >= 15 is 0 Å². The predicted molar refractivity (Wildman–Crippen MR) is 77.4 cm³/mol. The van der Waals surface area contributed by atoms with E-state index < -0.39 is 0 Å². The van der Waals surface area contributed by atoms with Crippen LogP contribution in [0.4, 0.5) is 0 Å². The number of benzene rings is 2. The molecule has 1 nitrogen and oxygen atoms in total. The summed E-state index contributed by atoms with van der Waals surface area (Å²) in [5.74, 6) is 0.0368. The standard InChI is InChI=1S/C14H11ClO.C2H6/c1-10-4-2-3-5-13(10)14(16)11-6-8-12(15)9-7-11;1-2/h2-9H,1H3;1-2H3. The lowest BCUT2D eigenvalue weighted by molar-refractivity contribution is 0.103. The Morgan fingerprint density at radius 3 is 2.06 bits per heavy atom. The first-order valence-electron chi connectivity index (χ1n) is 6.04. The average molecular weight is 261 g/mol. The average Bonchev–Trinajstić information content (AvgIpc) is 2.42. The molecule has 94 valence electrons. The highest BCUT2D eigenvalue weighted by Crippen LogP contribution is 2.16. The molecule has 0 radical (unpaired) electrons. The Balaban J connectivity index is 0.000000771. The van der Waals surface area contributed by atoms with Gasteiger partial charge in [0.2, 0.25) is 0 Å². The summed E-state index contributed by atoms with van der Waals surface area (Å²) in [6.07, 6.45) is 0. The lowest BCUT2D eigenvalue weighted by Crippen LogP contribution is -2.02. The van der Waals surface area contributed by atoms with Gasteiger partial charge in [0.15, 0.2) is 5.78 Å². The van der Waals surface area contributed by atoms with Crippen molar-refractivity contribution in [3.8, 4) is 0 Å². The summed E-state index contributed by atoms with van der Waals surface area (Å²) in [4.78, 5) is 12.1. The van der Waals surface area contributed by atoms with Crippen LogP contribution < -0.4 is 0 Å². The molecule has 18 heavy (non-hydrogen) atoms. The molecular weight excluding hydrogens is 244 g/mol. The second-order valence-corrected chi connectivity index (χ2v) is 4.09. The highest BCUT2D eigenvalue weighted by Gasteiger charge is 2.10. The third-order valence-electron chi connectivity index (χ3n) is 2.50. The van der Waals surface area contributed by atoms with Crippen molar-refractivity contribution in [1.82, 2.24) is 0 Å². The molecule has 0 saturated heterocycles. The van der Waals surface area contributed by atoms with Crippen LogP contribution in [-0.2, 0) is 0 Å². The number of carbonyl (C=O) groups is 1. The third-order valence-corrected chi connectivity index (χ3v) is 2.75. The van der Waals surface area contributed by atoms with Crippen molar-refractivity contribution in [2.75, 3.05) is 0 Å². The fraction of sp³-hybridized carbons (Fsp3) is 0.188. The number of hydrogen-bond acceptors (Lipinski definition) is 1. The van der Waals surface area contributed by atoms with Crippen molar-refractivity contribution >= 4 is 17.4 Å². The quantitative estimate of drug-likeness (QED) is 0.702. The molecule has 2 heteroatoms. The van der Waals surface area contributed by atoms with Gasteiger partial charge < -0.3 is 0 Å². The van der Waals surface area contributed by atoms with Crippen LogP contribution in [0.25, 0.3) is 0 Å². The Morgan fingerprint density at radius 1 is 0.944 bits per heavy atom. The fourth-order valence-corrected chi connectivity index (χ4v) is 1.71. The van der Waals surface area contributed by atoms with Gasteiger partial charge in [-0.05, 0) is 36.8 Å². The summed E-state index contributed by atoms with van der Waals surface area (Å²) in [5, 5.41) is 0.640. The summed E-state index contributed by atoms with van der Waals surface area (Å²) < 4.78 is 0. The maximum absolute atomic E-state index is 12.1. The largest absolute Gasteiger partial charge is 0.289 e. The zero-order valence-electron chi connectivity index (χ0n) is 10.9. The monoisotopic (exact) mass is 260 g/mol. The van der Waals surface area contributed by atoms with Crippen molar-refractivity contribution in [3.63, 3.8) is 0 Å². The van der Waals surface area contributed by atoms with Crippen LogP contribution in [0.15, 0.2) is 48.5 Å². The summed E-state index contributed by atoms with van der Waals surface area (Å²) >= 11 is 5.78. The Hall–Kier alpha value is -1.60. The number of aryl methyl sites for hydroxylation is 1. The van der Waals surface area contributed by atoms with E-state index in [0.29, 0.717) is 10.6 Å². The summed E-state index contributed by atoms with van der Waals surface area (Å²) in [7, 11) is 0. The Labute approximate surface area is 113 Å². The van der Waals surface area contributed by atoms with Crippen molar-refractivity contribution in [3.05, 3.63) is 70.2 Å². The van der Waals surface area contributed by atoms with Crippen molar-refractivity contribution < 1.29 is 4.79 Å². The van der Waals surface area contributed by atoms with Crippen LogP contribution in [0.5, 0.6) is 0 Å². The van der Waals surface area contributed by atoms with Crippen LogP contribution in [0.1, 0.15) is 35.3 Å². The van der Waals surface area contributed by atoms with Gasteiger partial charge in [-0.3, -0.25) is 4.79 Å². The number of ketones is 1. The normalized spacial score (nSPS) is 9.33. The second-order valence-electron chi connectivity index (χ2n) is 3.65. The highest BCUT2D eigenvalue weighted by molar-refractivity contribution is 6.30. The topological polar surface area (TPSA) is 17.1 Å². The molecule has 0 aliphatic carbocycles. The van der Waals surface area contributed by atoms with Crippen molar-refractivity contribution in [2.24, 2.45) is 0 Å². The Kier molecular flexibility index (Phi) is 5.60. The van der Waals surface area contributed by atoms with Crippen LogP contribution in [0.3, 0.4) is 0 Å². The van der Waals surface area contributed by atoms with Crippen molar-refractivity contribution in [2.45, 2.75) is 20.8 Å².